The molecule has 156 valence electrons. The summed E-state index contributed by atoms with van der Waals surface area (Å²) in [5, 5.41) is 2.22. The number of anilines is 1. The van der Waals surface area contributed by atoms with E-state index in [1.54, 1.807) is 12.1 Å². The number of carbonyl (C=O) groups is 2. The zero-order valence-corrected chi connectivity index (χ0v) is 17.5. The maximum absolute atomic E-state index is 13.4. The standard InChI is InChI=1S/C24H27N3O3/c1-3-27(21-11-6-9-19-8-4-5-10-20(19)21)23(28)18(2)25-13-15-26(16-14-25)24(29)22-12-7-17-30-22/h4-12,17-18H,3,13-16H2,1-2H3/p+1/t18-/m0/s1. The number of benzene rings is 2. The van der Waals surface area contributed by atoms with Gasteiger partial charge in [-0.25, -0.2) is 0 Å². The van der Waals surface area contributed by atoms with Crippen LogP contribution in [-0.2, 0) is 4.79 Å². The van der Waals surface area contributed by atoms with Crippen LogP contribution in [0, 0.1) is 0 Å². The first-order chi connectivity index (χ1) is 14.6. The van der Waals surface area contributed by atoms with Crippen molar-refractivity contribution in [1.82, 2.24) is 4.90 Å². The molecule has 0 unspecified atom stereocenters. The Hall–Kier alpha value is -3.12. The van der Waals surface area contributed by atoms with Crippen molar-refractivity contribution in [2.45, 2.75) is 19.9 Å². The van der Waals surface area contributed by atoms with E-state index in [0.29, 0.717) is 25.4 Å². The Morgan fingerprint density at radius 1 is 1.07 bits per heavy atom. The van der Waals surface area contributed by atoms with Gasteiger partial charge in [0.1, 0.15) is 0 Å². The van der Waals surface area contributed by atoms with Gasteiger partial charge in [-0.2, -0.15) is 0 Å². The number of piperazine rings is 1. The van der Waals surface area contributed by atoms with E-state index in [4.69, 9.17) is 4.42 Å². The van der Waals surface area contributed by atoms with E-state index >= 15 is 0 Å². The van der Waals surface area contributed by atoms with Gasteiger partial charge in [0.05, 0.1) is 38.1 Å². The van der Waals surface area contributed by atoms with E-state index in [1.807, 2.05) is 47.9 Å². The third kappa shape index (κ3) is 3.83. The predicted molar refractivity (Wildman–Crippen MR) is 117 cm³/mol. The average molecular weight is 407 g/mol. The van der Waals surface area contributed by atoms with Crippen LogP contribution in [0.3, 0.4) is 0 Å². The lowest BCUT2D eigenvalue weighted by Gasteiger charge is -2.36. The van der Waals surface area contributed by atoms with Gasteiger partial charge in [0, 0.05) is 11.9 Å². The Morgan fingerprint density at radius 2 is 1.80 bits per heavy atom. The van der Waals surface area contributed by atoms with Crippen molar-refractivity contribution in [3.05, 3.63) is 66.6 Å². The summed E-state index contributed by atoms with van der Waals surface area (Å²) in [4.78, 5) is 30.8. The van der Waals surface area contributed by atoms with Gasteiger partial charge >= 0.3 is 0 Å². The summed E-state index contributed by atoms with van der Waals surface area (Å²) >= 11 is 0. The molecular weight excluding hydrogens is 378 g/mol. The van der Waals surface area contributed by atoms with Crippen molar-refractivity contribution in [3.8, 4) is 0 Å². The minimum absolute atomic E-state index is 0.0797. The van der Waals surface area contributed by atoms with E-state index in [1.165, 1.54) is 11.2 Å². The molecule has 1 fully saturated rings. The van der Waals surface area contributed by atoms with Gasteiger partial charge in [-0.1, -0.05) is 36.4 Å². The van der Waals surface area contributed by atoms with E-state index in [0.717, 1.165) is 29.5 Å². The fourth-order valence-corrected chi connectivity index (χ4v) is 4.28. The normalized spacial score (nSPS) is 15.9. The maximum atomic E-state index is 13.4. The zero-order chi connectivity index (χ0) is 21.1. The van der Waals surface area contributed by atoms with Gasteiger partial charge in [-0.15, -0.1) is 0 Å². The SMILES string of the molecule is CCN(C(=O)[C@H](C)[NH+]1CCN(C(=O)c2ccco2)CC1)c1cccc2ccccc12. The highest BCUT2D eigenvalue weighted by atomic mass is 16.3. The van der Waals surface area contributed by atoms with Crippen molar-refractivity contribution >= 4 is 28.3 Å². The molecule has 30 heavy (non-hydrogen) atoms. The molecule has 2 amide bonds. The molecule has 0 aliphatic carbocycles. The smallest absolute Gasteiger partial charge is 0.289 e. The minimum atomic E-state index is -0.176. The molecule has 2 aromatic carbocycles. The number of hydrogen-bond acceptors (Lipinski definition) is 3. The van der Waals surface area contributed by atoms with Crippen LogP contribution in [0.4, 0.5) is 5.69 Å². The number of amides is 2. The minimum Gasteiger partial charge on any atom is -0.459 e. The predicted octanol–water partition coefficient (Wildman–Crippen LogP) is 2.22. The molecule has 3 aromatic rings. The van der Waals surface area contributed by atoms with E-state index in [2.05, 4.69) is 18.2 Å². The van der Waals surface area contributed by atoms with Crippen molar-refractivity contribution in [2.75, 3.05) is 37.6 Å². The van der Waals surface area contributed by atoms with Crippen molar-refractivity contribution in [2.24, 2.45) is 0 Å². The second-order valence-electron chi connectivity index (χ2n) is 7.73. The quantitative estimate of drug-likeness (QED) is 0.707. The Bertz CT molecular complexity index is 1020. The van der Waals surface area contributed by atoms with Crippen LogP contribution in [0.25, 0.3) is 10.8 Å². The zero-order valence-electron chi connectivity index (χ0n) is 17.5. The van der Waals surface area contributed by atoms with Crippen LogP contribution in [0.15, 0.2) is 65.3 Å². The topological polar surface area (TPSA) is 58.2 Å². The number of hydrogen-bond donors (Lipinski definition) is 1. The summed E-state index contributed by atoms with van der Waals surface area (Å²) in [7, 11) is 0. The molecule has 1 aliphatic rings. The van der Waals surface area contributed by atoms with Crippen LogP contribution in [0.5, 0.6) is 0 Å². The molecule has 0 spiro atoms. The molecule has 6 nitrogen and oxygen atoms in total. The lowest BCUT2D eigenvalue weighted by molar-refractivity contribution is -0.917. The molecule has 1 atom stereocenters. The van der Waals surface area contributed by atoms with Crippen LogP contribution >= 0.6 is 0 Å². The maximum Gasteiger partial charge on any atom is 0.289 e. The second kappa shape index (κ2) is 8.71. The van der Waals surface area contributed by atoms with Gasteiger partial charge < -0.3 is 19.1 Å². The highest BCUT2D eigenvalue weighted by molar-refractivity contribution is 6.04. The molecule has 1 aromatic heterocycles. The van der Waals surface area contributed by atoms with Gasteiger partial charge in [0.2, 0.25) is 0 Å². The number of carbonyl (C=O) groups excluding carboxylic acids is 2. The molecule has 0 bridgehead atoms. The van der Waals surface area contributed by atoms with E-state index in [9.17, 15) is 9.59 Å². The van der Waals surface area contributed by atoms with Crippen LogP contribution in [0.1, 0.15) is 24.4 Å². The van der Waals surface area contributed by atoms with Crippen molar-refractivity contribution < 1.29 is 18.9 Å². The highest BCUT2D eigenvalue weighted by Gasteiger charge is 2.34. The Labute approximate surface area is 176 Å². The van der Waals surface area contributed by atoms with Gasteiger partial charge in [-0.05, 0) is 37.4 Å². The molecule has 0 saturated carbocycles. The first-order valence-electron chi connectivity index (χ1n) is 10.6. The number of fused-ring (bicyclic) bond motifs is 1. The lowest BCUT2D eigenvalue weighted by atomic mass is 10.1. The largest absolute Gasteiger partial charge is 0.459 e. The second-order valence-corrected chi connectivity index (χ2v) is 7.73. The summed E-state index contributed by atoms with van der Waals surface area (Å²) < 4.78 is 5.23. The summed E-state index contributed by atoms with van der Waals surface area (Å²) in [5.41, 5.74) is 0.957. The first-order valence-corrected chi connectivity index (χ1v) is 10.6. The number of rotatable bonds is 5. The molecule has 0 radical (unpaired) electrons. The Kier molecular flexibility index (Phi) is 5.86. The Balaban J connectivity index is 1.46. The molecule has 1 saturated heterocycles. The summed E-state index contributed by atoms with van der Waals surface area (Å²) in [5.74, 6) is 0.411. The molecule has 1 N–H and O–H groups in total. The third-order valence-electron chi connectivity index (χ3n) is 6.05. The monoisotopic (exact) mass is 406 g/mol. The van der Waals surface area contributed by atoms with E-state index in [-0.39, 0.29) is 17.9 Å². The average Bonchev–Trinajstić information content (AvgIpc) is 3.34. The molecule has 4 rings (SSSR count). The molecule has 6 heteroatoms. The Morgan fingerprint density at radius 3 is 2.50 bits per heavy atom. The molecule has 2 heterocycles. The first kappa shape index (κ1) is 20.2. The number of furan rings is 1. The lowest BCUT2D eigenvalue weighted by Crippen LogP contribution is -3.19. The summed E-state index contributed by atoms with van der Waals surface area (Å²) in [6.07, 6.45) is 1.52. The van der Waals surface area contributed by atoms with Gasteiger partial charge in [0.25, 0.3) is 11.8 Å². The van der Waals surface area contributed by atoms with Crippen LogP contribution in [0.2, 0.25) is 0 Å². The summed E-state index contributed by atoms with van der Waals surface area (Å²) in [6, 6.07) is 17.5. The fourth-order valence-electron chi connectivity index (χ4n) is 4.28. The third-order valence-corrected chi connectivity index (χ3v) is 6.05. The van der Waals surface area contributed by atoms with E-state index < -0.39 is 0 Å². The number of quaternary nitrogens is 1. The number of nitrogens with zero attached hydrogens (tertiary/aromatic N) is 2. The number of nitrogens with one attached hydrogen (secondary N) is 1. The van der Waals surface area contributed by atoms with Crippen molar-refractivity contribution in [3.63, 3.8) is 0 Å². The molecule has 1 aliphatic heterocycles. The van der Waals surface area contributed by atoms with Crippen LogP contribution in [-0.4, -0.2) is 55.5 Å². The van der Waals surface area contributed by atoms with Gasteiger partial charge in [0.15, 0.2) is 11.8 Å². The van der Waals surface area contributed by atoms with Gasteiger partial charge in [-0.3, -0.25) is 9.59 Å². The highest BCUT2D eigenvalue weighted by Crippen LogP contribution is 2.27. The van der Waals surface area contributed by atoms with Crippen LogP contribution < -0.4 is 9.80 Å². The van der Waals surface area contributed by atoms with Crippen molar-refractivity contribution in [1.29, 1.82) is 0 Å². The summed E-state index contributed by atoms with van der Waals surface area (Å²) in [6.45, 7) is 7.35. The molecular formula is C24H28N3O3+. The fraction of sp³-hybridized carbons (Fsp3) is 0.333. The number of likely N-dealkylation sites (N-methyl/N-ethyl adjacent to an activating group) is 1.